The zero-order valence-electron chi connectivity index (χ0n) is 20.8. The molecule has 198 valence electrons. The van der Waals surface area contributed by atoms with Gasteiger partial charge in [-0.1, -0.05) is 74.2 Å². The third kappa shape index (κ3) is 5.05. The highest BCUT2D eigenvalue weighted by atomic mass is 19.4. The molecule has 36 heavy (non-hydrogen) atoms. The van der Waals surface area contributed by atoms with Crippen molar-refractivity contribution >= 4 is 0 Å². The Kier molecular flexibility index (Phi) is 7.80. The van der Waals surface area contributed by atoms with Crippen LogP contribution >= 0.6 is 0 Å². The first-order valence-electron chi connectivity index (χ1n) is 13.0. The molecule has 0 heterocycles. The zero-order valence-corrected chi connectivity index (χ0v) is 20.8. The summed E-state index contributed by atoms with van der Waals surface area (Å²) in [5.74, 6) is 0. The van der Waals surface area contributed by atoms with Gasteiger partial charge < -0.3 is 4.90 Å². The summed E-state index contributed by atoms with van der Waals surface area (Å²) in [6.45, 7) is 1.26. The van der Waals surface area contributed by atoms with Crippen molar-refractivity contribution in [1.82, 2.24) is 4.90 Å². The maximum atomic E-state index is 14.6. The van der Waals surface area contributed by atoms with Gasteiger partial charge in [-0.05, 0) is 74.4 Å². The molecule has 0 radical (unpaired) electrons. The van der Waals surface area contributed by atoms with Crippen LogP contribution in [0.25, 0.3) is 0 Å². The van der Waals surface area contributed by atoms with Crippen molar-refractivity contribution in [2.24, 2.45) is 0 Å². The first-order chi connectivity index (χ1) is 17.0. The van der Waals surface area contributed by atoms with E-state index in [1.165, 1.54) is 18.2 Å². The monoisotopic (exact) mass is 511 g/mol. The van der Waals surface area contributed by atoms with Gasteiger partial charge in [0.15, 0.2) is 0 Å². The van der Waals surface area contributed by atoms with E-state index in [4.69, 9.17) is 0 Å². The molecule has 1 nitrogen and oxygen atoms in total. The van der Waals surface area contributed by atoms with E-state index in [2.05, 4.69) is 4.90 Å². The van der Waals surface area contributed by atoms with Gasteiger partial charge in [-0.25, -0.2) is 0 Å². The number of rotatable bonds is 8. The fourth-order valence-electron chi connectivity index (χ4n) is 6.62. The topological polar surface area (TPSA) is 3.24 Å². The van der Waals surface area contributed by atoms with E-state index in [0.717, 1.165) is 5.56 Å². The predicted octanol–water partition coefficient (Wildman–Crippen LogP) is 8.50. The summed E-state index contributed by atoms with van der Waals surface area (Å²) in [7, 11) is 1.93. The Labute approximate surface area is 209 Å². The number of nitrogens with zero attached hydrogens (tertiary/aromatic N) is 1. The SMILES string of the molecule is CN(CCCc1c(C2(C(F)(F)F)CCCC2)cccc1C1(C(F)(F)F)CCCC1)Cc1ccccc1. The second-order valence-electron chi connectivity index (χ2n) is 10.7. The van der Waals surface area contributed by atoms with Gasteiger partial charge in [-0.2, -0.15) is 26.3 Å². The number of benzene rings is 2. The van der Waals surface area contributed by atoms with Gasteiger partial charge in [0.1, 0.15) is 0 Å². The lowest BCUT2D eigenvalue weighted by molar-refractivity contribution is -0.191. The Hall–Kier alpha value is -2.02. The van der Waals surface area contributed by atoms with Gasteiger partial charge in [0.2, 0.25) is 0 Å². The Morgan fingerprint density at radius 1 is 0.694 bits per heavy atom. The molecule has 0 atom stereocenters. The summed E-state index contributed by atoms with van der Waals surface area (Å²) in [5.41, 5.74) is -2.52. The molecule has 4 rings (SSSR count). The number of alkyl halides is 6. The molecular formula is C29H35F6N. The van der Waals surface area contributed by atoms with Crippen LogP contribution in [-0.2, 0) is 23.8 Å². The van der Waals surface area contributed by atoms with E-state index in [1.807, 2.05) is 37.4 Å². The molecule has 0 unspecified atom stereocenters. The lowest BCUT2D eigenvalue weighted by atomic mass is 9.69. The van der Waals surface area contributed by atoms with Crippen molar-refractivity contribution in [2.45, 2.75) is 93.9 Å². The first kappa shape index (κ1) is 27.0. The molecule has 2 aliphatic rings. The smallest absolute Gasteiger partial charge is 0.302 e. The highest BCUT2D eigenvalue weighted by Gasteiger charge is 2.60. The lowest BCUT2D eigenvalue weighted by Gasteiger charge is -2.39. The van der Waals surface area contributed by atoms with Gasteiger partial charge in [-0.3, -0.25) is 0 Å². The minimum Gasteiger partial charge on any atom is -0.302 e. The summed E-state index contributed by atoms with van der Waals surface area (Å²) in [5, 5.41) is 0. The summed E-state index contributed by atoms with van der Waals surface area (Å²) < 4.78 is 87.5. The van der Waals surface area contributed by atoms with Gasteiger partial charge in [-0.15, -0.1) is 0 Å². The normalized spacial score (nSPS) is 19.8. The van der Waals surface area contributed by atoms with Crippen LogP contribution in [0.5, 0.6) is 0 Å². The Morgan fingerprint density at radius 2 is 1.17 bits per heavy atom. The standard InChI is InChI=1S/C29H35F6N/c1-36(21-22-11-3-2-4-12-22)20-10-13-23-24(26(28(30,31)32)16-5-6-17-26)14-9-15-25(23)27(29(33,34)35)18-7-8-19-27/h2-4,9,11-12,14-15H,5-8,10,13,16-21H2,1H3. The second-order valence-corrected chi connectivity index (χ2v) is 10.7. The molecule has 2 aliphatic carbocycles. The largest absolute Gasteiger partial charge is 0.398 e. The van der Waals surface area contributed by atoms with Crippen molar-refractivity contribution in [3.05, 3.63) is 70.8 Å². The van der Waals surface area contributed by atoms with E-state index in [1.54, 1.807) is 0 Å². The summed E-state index contributed by atoms with van der Waals surface area (Å²) in [6, 6.07) is 14.2. The van der Waals surface area contributed by atoms with Crippen LogP contribution in [0.15, 0.2) is 48.5 Å². The van der Waals surface area contributed by atoms with Crippen LogP contribution in [0.4, 0.5) is 26.3 Å². The average Bonchev–Trinajstić information content (AvgIpc) is 3.51. The minimum absolute atomic E-state index is 0.0557. The van der Waals surface area contributed by atoms with Crippen LogP contribution in [-0.4, -0.2) is 30.8 Å². The van der Waals surface area contributed by atoms with E-state index in [0.29, 0.717) is 50.8 Å². The molecule has 2 fully saturated rings. The second kappa shape index (κ2) is 10.4. The molecule has 2 aromatic carbocycles. The third-order valence-electron chi connectivity index (χ3n) is 8.47. The molecule has 0 N–H and O–H groups in total. The Balaban J connectivity index is 1.71. The molecule has 0 bridgehead atoms. The molecule has 0 aliphatic heterocycles. The molecule has 0 saturated heterocycles. The highest BCUT2D eigenvalue weighted by molar-refractivity contribution is 5.47. The fourth-order valence-corrected chi connectivity index (χ4v) is 6.62. The first-order valence-corrected chi connectivity index (χ1v) is 13.0. The van der Waals surface area contributed by atoms with Crippen LogP contribution < -0.4 is 0 Å². The maximum Gasteiger partial charge on any atom is 0.398 e. The van der Waals surface area contributed by atoms with Crippen LogP contribution in [0.2, 0.25) is 0 Å². The lowest BCUT2D eigenvalue weighted by Crippen LogP contribution is -2.44. The maximum absolute atomic E-state index is 14.6. The van der Waals surface area contributed by atoms with E-state index in [-0.39, 0.29) is 43.2 Å². The van der Waals surface area contributed by atoms with Crippen LogP contribution in [0.3, 0.4) is 0 Å². The van der Waals surface area contributed by atoms with Crippen LogP contribution in [0, 0.1) is 0 Å². The fraction of sp³-hybridized carbons (Fsp3) is 0.586. The van der Waals surface area contributed by atoms with Crippen molar-refractivity contribution < 1.29 is 26.3 Å². The minimum atomic E-state index is -4.50. The molecule has 0 amide bonds. The van der Waals surface area contributed by atoms with Crippen molar-refractivity contribution in [3.63, 3.8) is 0 Å². The Bertz CT molecular complexity index is 946. The Morgan fingerprint density at radius 3 is 1.61 bits per heavy atom. The molecule has 7 heteroatoms. The van der Waals surface area contributed by atoms with Gasteiger partial charge in [0, 0.05) is 6.54 Å². The number of hydrogen-bond acceptors (Lipinski definition) is 1. The van der Waals surface area contributed by atoms with E-state index in [9.17, 15) is 26.3 Å². The van der Waals surface area contributed by atoms with E-state index >= 15 is 0 Å². The summed E-state index contributed by atoms with van der Waals surface area (Å²) in [6.07, 6.45) is -6.76. The summed E-state index contributed by atoms with van der Waals surface area (Å²) in [4.78, 5) is 2.07. The molecule has 2 saturated carbocycles. The van der Waals surface area contributed by atoms with Gasteiger partial charge >= 0.3 is 12.4 Å². The van der Waals surface area contributed by atoms with Crippen molar-refractivity contribution in [3.8, 4) is 0 Å². The highest BCUT2D eigenvalue weighted by Crippen LogP contribution is 2.57. The number of hydrogen-bond donors (Lipinski definition) is 0. The van der Waals surface area contributed by atoms with E-state index < -0.39 is 23.2 Å². The van der Waals surface area contributed by atoms with Crippen molar-refractivity contribution in [1.29, 1.82) is 0 Å². The number of halogens is 6. The zero-order chi connectivity index (χ0) is 26.0. The summed E-state index contributed by atoms with van der Waals surface area (Å²) >= 11 is 0. The average molecular weight is 512 g/mol. The molecule has 2 aromatic rings. The molecular weight excluding hydrogens is 476 g/mol. The predicted molar refractivity (Wildman–Crippen MR) is 130 cm³/mol. The molecule has 0 spiro atoms. The van der Waals surface area contributed by atoms with Crippen LogP contribution in [0.1, 0.15) is 80.0 Å². The van der Waals surface area contributed by atoms with Crippen molar-refractivity contribution in [2.75, 3.05) is 13.6 Å². The molecule has 0 aromatic heterocycles. The van der Waals surface area contributed by atoms with Gasteiger partial charge in [0.25, 0.3) is 0 Å². The van der Waals surface area contributed by atoms with Gasteiger partial charge in [0.05, 0.1) is 10.8 Å². The third-order valence-corrected chi connectivity index (χ3v) is 8.47. The quantitative estimate of drug-likeness (QED) is 0.321.